The summed E-state index contributed by atoms with van der Waals surface area (Å²) < 4.78 is 5.62. The second kappa shape index (κ2) is 11.7. The lowest BCUT2D eigenvalue weighted by atomic mass is 9.97. The van der Waals surface area contributed by atoms with Crippen molar-refractivity contribution >= 4 is 23.8 Å². The zero-order valence-corrected chi connectivity index (χ0v) is 24.5. The molecule has 3 atom stereocenters. The van der Waals surface area contributed by atoms with Gasteiger partial charge in [0.25, 0.3) is 0 Å². The first-order chi connectivity index (χ1) is 17.9. The van der Waals surface area contributed by atoms with Crippen LogP contribution in [0.2, 0.25) is 0 Å². The van der Waals surface area contributed by atoms with Crippen LogP contribution in [-0.4, -0.2) is 72.7 Å². The van der Waals surface area contributed by atoms with Crippen LogP contribution in [0.5, 0.6) is 0 Å². The maximum Gasteiger partial charge on any atom is 0.411 e. The maximum atomic E-state index is 13.5. The minimum absolute atomic E-state index is 0.0256. The third-order valence-electron chi connectivity index (χ3n) is 8.28. The summed E-state index contributed by atoms with van der Waals surface area (Å²) in [6.45, 7) is 11.8. The summed E-state index contributed by atoms with van der Waals surface area (Å²) in [5.41, 5.74) is 2.88. The first-order valence-corrected chi connectivity index (χ1v) is 14.5. The highest BCUT2D eigenvalue weighted by atomic mass is 16.6. The number of carbonyl (C=O) groups excluding carboxylic acids is 2. The Kier molecular flexibility index (Phi) is 8.75. The van der Waals surface area contributed by atoms with E-state index >= 15 is 0 Å². The number of hydrogen-bond acceptors (Lipinski definition) is 5. The van der Waals surface area contributed by atoms with Crippen LogP contribution >= 0.6 is 0 Å². The fourth-order valence-corrected chi connectivity index (χ4v) is 5.69. The molecule has 2 aliphatic heterocycles. The standard InChI is InChI=1S/C31H48N4O3/c1-21-8-15-28(35(21)30(37)38-31(3,4)5)29(36)32-22(2)27-14-13-26(20-24(27)12-11-23-9-10-23)34(7)25-16-18-33(6)19-17-25/h11-14,20-23,25,28H,8-10,15-19H2,1-7H3,(H,32,36)/b12-11+/t21-,22-,28-/m0/s1. The van der Waals surface area contributed by atoms with Gasteiger partial charge in [-0.05, 0) is 122 Å². The molecule has 1 aromatic carbocycles. The van der Waals surface area contributed by atoms with E-state index < -0.39 is 17.7 Å². The minimum atomic E-state index is -0.598. The van der Waals surface area contributed by atoms with Crippen LogP contribution in [0.1, 0.15) is 90.3 Å². The third-order valence-corrected chi connectivity index (χ3v) is 8.28. The van der Waals surface area contributed by atoms with Gasteiger partial charge in [-0.3, -0.25) is 9.69 Å². The Morgan fingerprint density at radius 3 is 2.42 bits per heavy atom. The first kappa shape index (κ1) is 28.5. The first-order valence-electron chi connectivity index (χ1n) is 14.5. The molecule has 38 heavy (non-hydrogen) atoms. The second-order valence-electron chi connectivity index (χ2n) is 12.7. The molecule has 0 spiro atoms. The number of likely N-dealkylation sites (tertiary alicyclic amines) is 2. The Hall–Kier alpha value is -2.54. The van der Waals surface area contributed by atoms with E-state index in [4.69, 9.17) is 4.74 Å². The van der Waals surface area contributed by atoms with Gasteiger partial charge in [-0.15, -0.1) is 0 Å². The SMILES string of the molecule is C[C@H](NC(=O)[C@@H]1CC[C@H](C)N1C(=O)OC(C)(C)C)c1ccc(N(C)C2CCN(C)CC2)cc1/C=C/C1CC1. The van der Waals surface area contributed by atoms with Gasteiger partial charge in [0.05, 0.1) is 6.04 Å². The fraction of sp³-hybridized carbons (Fsp3) is 0.677. The van der Waals surface area contributed by atoms with Crippen molar-refractivity contribution in [3.63, 3.8) is 0 Å². The number of rotatable bonds is 7. The maximum absolute atomic E-state index is 13.5. The number of benzene rings is 1. The fourth-order valence-electron chi connectivity index (χ4n) is 5.69. The van der Waals surface area contributed by atoms with Gasteiger partial charge in [-0.25, -0.2) is 4.79 Å². The number of anilines is 1. The van der Waals surface area contributed by atoms with Crippen molar-refractivity contribution in [1.29, 1.82) is 0 Å². The van der Waals surface area contributed by atoms with Crippen molar-refractivity contribution in [3.8, 4) is 0 Å². The van der Waals surface area contributed by atoms with E-state index in [0.717, 1.165) is 30.6 Å². The van der Waals surface area contributed by atoms with Crippen LogP contribution in [0.4, 0.5) is 10.5 Å². The second-order valence-corrected chi connectivity index (χ2v) is 12.7. The molecule has 7 heteroatoms. The number of ether oxygens (including phenoxy) is 1. The van der Waals surface area contributed by atoms with Crippen molar-refractivity contribution < 1.29 is 14.3 Å². The molecule has 7 nitrogen and oxygen atoms in total. The van der Waals surface area contributed by atoms with Gasteiger partial charge < -0.3 is 19.9 Å². The number of hydrogen-bond donors (Lipinski definition) is 1. The van der Waals surface area contributed by atoms with Crippen molar-refractivity contribution in [1.82, 2.24) is 15.1 Å². The van der Waals surface area contributed by atoms with Crippen LogP contribution in [0, 0.1) is 5.92 Å². The molecule has 3 fully saturated rings. The summed E-state index contributed by atoms with van der Waals surface area (Å²) in [6.07, 6.45) is 10.4. The molecule has 3 aliphatic rings. The molecule has 0 aromatic heterocycles. The smallest absolute Gasteiger partial charge is 0.411 e. The number of allylic oxidation sites excluding steroid dienone is 1. The number of carbonyl (C=O) groups is 2. The summed E-state index contributed by atoms with van der Waals surface area (Å²) in [7, 11) is 4.40. The Bertz CT molecular complexity index is 1020. The van der Waals surface area contributed by atoms with Gasteiger partial charge >= 0.3 is 6.09 Å². The van der Waals surface area contributed by atoms with E-state index in [1.807, 2.05) is 34.6 Å². The van der Waals surface area contributed by atoms with E-state index in [0.29, 0.717) is 18.4 Å². The monoisotopic (exact) mass is 524 g/mol. The van der Waals surface area contributed by atoms with Crippen molar-refractivity contribution in [2.75, 3.05) is 32.1 Å². The molecule has 2 amide bonds. The van der Waals surface area contributed by atoms with Gasteiger partial charge in [0, 0.05) is 24.8 Å². The molecule has 1 aliphatic carbocycles. The van der Waals surface area contributed by atoms with Gasteiger partial charge in [0.1, 0.15) is 11.6 Å². The van der Waals surface area contributed by atoms with Crippen LogP contribution < -0.4 is 10.2 Å². The summed E-state index contributed by atoms with van der Waals surface area (Å²) >= 11 is 0. The molecule has 2 saturated heterocycles. The molecule has 0 radical (unpaired) electrons. The lowest BCUT2D eigenvalue weighted by Gasteiger charge is -2.36. The molecule has 4 rings (SSSR count). The van der Waals surface area contributed by atoms with Gasteiger partial charge in [0.2, 0.25) is 5.91 Å². The topological polar surface area (TPSA) is 65.1 Å². The predicted octanol–water partition coefficient (Wildman–Crippen LogP) is 5.61. The van der Waals surface area contributed by atoms with E-state index in [2.05, 4.69) is 59.6 Å². The van der Waals surface area contributed by atoms with E-state index in [1.165, 1.54) is 31.4 Å². The summed E-state index contributed by atoms with van der Waals surface area (Å²) in [6, 6.07) is 6.46. The molecule has 1 N–H and O–H groups in total. The predicted molar refractivity (Wildman–Crippen MR) is 154 cm³/mol. The van der Waals surface area contributed by atoms with E-state index in [-0.39, 0.29) is 18.0 Å². The normalized spacial score (nSPS) is 24.0. The number of piperidine rings is 1. The highest BCUT2D eigenvalue weighted by Gasteiger charge is 2.41. The van der Waals surface area contributed by atoms with Crippen LogP contribution in [-0.2, 0) is 9.53 Å². The lowest BCUT2D eigenvalue weighted by molar-refractivity contribution is -0.126. The highest BCUT2D eigenvalue weighted by molar-refractivity contribution is 5.87. The Morgan fingerprint density at radius 2 is 1.79 bits per heavy atom. The Balaban J connectivity index is 1.50. The number of nitrogens with zero attached hydrogens (tertiary/aromatic N) is 3. The van der Waals surface area contributed by atoms with Gasteiger partial charge in [-0.1, -0.05) is 18.2 Å². The zero-order chi connectivity index (χ0) is 27.6. The average molecular weight is 525 g/mol. The van der Waals surface area contributed by atoms with Gasteiger partial charge in [-0.2, -0.15) is 0 Å². The molecule has 0 unspecified atom stereocenters. The summed E-state index contributed by atoms with van der Waals surface area (Å²) in [4.78, 5) is 32.8. The highest BCUT2D eigenvalue weighted by Crippen LogP contribution is 2.34. The van der Waals surface area contributed by atoms with Crippen molar-refractivity contribution in [2.24, 2.45) is 5.92 Å². The lowest BCUT2D eigenvalue weighted by Crippen LogP contribution is -2.50. The minimum Gasteiger partial charge on any atom is -0.444 e. The molecule has 0 bridgehead atoms. The number of nitrogens with one attached hydrogen (secondary N) is 1. The van der Waals surface area contributed by atoms with Crippen molar-refractivity contribution in [3.05, 3.63) is 35.4 Å². The van der Waals surface area contributed by atoms with Crippen LogP contribution in [0.25, 0.3) is 6.08 Å². The van der Waals surface area contributed by atoms with E-state index in [9.17, 15) is 9.59 Å². The van der Waals surface area contributed by atoms with Crippen molar-refractivity contribution in [2.45, 2.75) is 103 Å². The Labute approximate surface area is 229 Å². The Morgan fingerprint density at radius 1 is 1.11 bits per heavy atom. The summed E-state index contributed by atoms with van der Waals surface area (Å²) in [5, 5.41) is 3.23. The van der Waals surface area contributed by atoms with Gasteiger partial charge in [0.15, 0.2) is 0 Å². The zero-order valence-electron chi connectivity index (χ0n) is 24.5. The largest absolute Gasteiger partial charge is 0.444 e. The van der Waals surface area contributed by atoms with Crippen LogP contribution in [0.3, 0.4) is 0 Å². The molecular weight excluding hydrogens is 476 g/mol. The summed E-state index contributed by atoms with van der Waals surface area (Å²) in [5.74, 6) is 0.558. The average Bonchev–Trinajstić information content (AvgIpc) is 3.60. The third kappa shape index (κ3) is 7.10. The quantitative estimate of drug-likeness (QED) is 0.503. The number of amides is 2. The molecule has 2 heterocycles. The van der Waals surface area contributed by atoms with E-state index in [1.54, 1.807) is 4.90 Å². The molecule has 1 saturated carbocycles. The molecule has 210 valence electrons. The molecular formula is C31H48N4O3. The molecule has 1 aromatic rings. The van der Waals surface area contributed by atoms with Crippen LogP contribution in [0.15, 0.2) is 24.3 Å².